The van der Waals surface area contributed by atoms with Gasteiger partial charge in [0.05, 0.1) is 10.6 Å². The average molecular weight is 297 g/mol. The third-order valence-corrected chi connectivity index (χ3v) is 2.86. The van der Waals surface area contributed by atoms with Gasteiger partial charge in [-0.15, -0.1) is 0 Å². The summed E-state index contributed by atoms with van der Waals surface area (Å²) < 4.78 is 0.438. The Labute approximate surface area is 104 Å². The van der Waals surface area contributed by atoms with E-state index in [4.69, 9.17) is 0 Å². The summed E-state index contributed by atoms with van der Waals surface area (Å²) in [6, 6.07) is 3.88. The lowest BCUT2D eigenvalue weighted by Crippen LogP contribution is -2.29. The fraction of sp³-hybridized carbons (Fsp3) is 0. The van der Waals surface area contributed by atoms with E-state index in [-0.39, 0.29) is 11.4 Å². The molecule has 0 N–H and O–H groups in total. The lowest BCUT2D eigenvalue weighted by molar-refractivity contribution is -0.384. The second-order valence-corrected chi connectivity index (χ2v) is 4.09. The van der Waals surface area contributed by atoms with Crippen molar-refractivity contribution in [1.82, 2.24) is 0 Å². The van der Waals surface area contributed by atoms with E-state index < -0.39 is 16.7 Å². The normalized spacial score (nSPS) is 14.5. The van der Waals surface area contributed by atoms with Gasteiger partial charge in [0.2, 0.25) is 0 Å². The molecule has 86 valence electrons. The van der Waals surface area contributed by atoms with Gasteiger partial charge in [0.25, 0.3) is 17.5 Å². The van der Waals surface area contributed by atoms with Crippen molar-refractivity contribution < 1.29 is 14.5 Å². The molecule has 6 nitrogen and oxygen atoms in total. The summed E-state index contributed by atoms with van der Waals surface area (Å²) in [6.45, 7) is 0. The summed E-state index contributed by atoms with van der Waals surface area (Å²) in [5.41, 5.74) is -0.0186. The summed E-state index contributed by atoms with van der Waals surface area (Å²) in [7, 11) is 0. The minimum Gasteiger partial charge on any atom is -0.269 e. The van der Waals surface area contributed by atoms with Crippen molar-refractivity contribution in [3.8, 4) is 0 Å². The third kappa shape index (κ3) is 1.96. The van der Waals surface area contributed by atoms with Crippen LogP contribution in [0.3, 0.4) is 0 Å². The van der Waals surface area contributed by atoms with E-state index in [1.54, 1.807) is 0 Å². The van der Waals surface area contributed by atoms with Crippen LogP contribution in [-0.2, 0) is 9.59 Å². The van der Waals surface area contributed by atoms with E-state index in [2.05, 4.69) is 15.9 Å². The summed E-state index contributed by atoms with van der Waals surface area (Å²) >= 11 is 3.15. The van der Waals surface area contributed by atoms with E-state index in [9.17, 15) is 19.7 Å². The minimum absolute atomic E-state index is 0.166. The molecule has 0 spiro atoms. The molecule has 0 unspecified atom stereocenters. The van der Waals surface area contributed by atoms with E-state index >= 15 is 0 Å². The molecular formula is C10H5BrN2O4. The second-order valence-electron chi connectivity index (χ2n) is 3.24. The van der Waals surface area contributed by atoms with Crippen molar-refractivity contribution in [2.24, 2.45) is 0 Å². The van der Waals surface area contributed by atoms with Gasteiger partial charge in [0.1, 0.15) is 0 Å². The fourth-order valence-corrected chi connectivity index (χ4v) is 1.85. The van der Waals surface area contributed by atoms with Gasteiger partial charge >= 0.3 is 0 Å². The van der Waals surface area contributed by atoms with Crippen LogP contribution in [0.25, 0.3) is 0 Å². The number of nitro benzene ring substituents is 1. The Morgan fingerprint density at radius 3 is 2.29 bits per heavy atom. The molecule has 0 bridgehead atoms. The summed E-state index contributed by atoms with van der Waals surface area (Å²) in [5, 5.41) is 10.6. The summed E-state index contributed by atoms with van der Waals surface area (Å²) in [4.78, 5) is 33.8. The highest BCUT2D eigenvalue weighted by molar-refractivity contribution is 9.10. The number of carbonyl (C=O) groups is 2. The molecule has 1 heterocycles. The van der Waals surface area contributed by atoms with Gasteiger partial charge in [0, 0.05) is 28.8 Å². The van der Waals surface area contributed by atoms with Crippen LogP contribution in [0.5, 0.6) is 0 Å². The smallest absolute Gasteiger partial charge is 0.269 e. The Kier molecular flexibility index (Phi) is 2.76. The SMILES string of the molecule is O=C1C=CC(=O)N1c1cc([N+](=O)[O-])ccc1Br. The van der Waals surface area contributed by atoms with Crippen molar-refractivity contribution in [3.63, 3.8) is 0 Å². The predicted molar refractivity (Wildman–Crippen MR) is 62.4 cm³/mol. The lowest BCUT2D eigenvalue weighted by Gasteiger charge is -2.15. The minimum atomic E-state index is -0.589. The molecule has 0 saturated carbocycles. The first-order valence-corrected chi connectivity index (χ1v) is 5.30. The zero-order valence-electron chi connectivity index (χ0n) is 8.29. The number of hydrogen-bond acceptors (Lipinski definition) is 4. The monoisotopic (exact) mass is 296 g/mol. The maximum atomic E-state index is 11.4. The number of anilines is 1. The molecule has 1 aromatic rings. The van der Waals surface area contributed by atoms with Gasteiger partial charge in [0.15, 0.2) is 0 Å². The van der Waals surface area contributed by atoms with E-state index in [1.165, 1.54) is 18.2 Å². The van der Waals surface area contributed by atoms with Gasteiger partial charge in [-0.2, -0.15) is 0 Å². The van der Waals surface area contributed by atoms with E-state index in [0.717, 1.165) is 17.1 Å². The Bertz CT molecular complexity index is 549. The molecule has 2 amide bonds. The van der Waals surface area contributed by atoms with Gasteiger partial charge in [-0.25, -0.2) is 4.90 Å². The second kappa shape index (κ2) is 4.10. The topological polar surface area (TPSA) is 80.5 Å². The molecule has 1 aliphatic heterocycles. The van der Waals surface area contributed by atoms with Crippen LogP contribution in [0.2, 0.25) is 0 Å². The molecule has 0 radical (unpaired) electrons. The molecule has 1 aromatic carbocycles. The van der Waals surface area contributed by atoms with Crippen molar-refractivity contribution in [2.75, 3.05) is 4.90 Å². The third-order valence-electron chi connectivity index (χ3n) is 2.19. The standard InChI is InChI=1S/C10H5BrN2O4/c11-7-2-1-6(13(16)17)5-8(7)12-9(14)3-4-10(12)15/h1-5H. The maximum absolute atomic E-state index is 11.4. The first-order chi connectivity index (χ1) is 8.00. The van der Waals surface area contributed by atoms with Crippen molar-refractivity contribution >= 4 is 39.1 Å². The Hall–Kier alpha value is -2.02. The fourth-order valence-electron chi connectivity index (χ4n) is 1.42. The van der Waals surface area contributed by atoms with Crippen LogP contribution < -0.4 is 4.90 Å². The molecule has 0 saturated heterocycles. The first kappa shape index (κ1) is 11.5. The van der Waals surface area contributed by atoms with Crippen molar-refractivity contribution in [2.45, 2.75) is 0 Å². The molecule has 0 aliphatic carbocycles. The van der Waals surface area contributed by atoms with Gasteiger partial charge < -0.3 is 0 Å². The van der Waals surface area contributed by atoms with E-state index in [1.807, 2.05) is 0 Å². The molecular weight excluding hydrogens is 292 g/mol. The highest BCUT2D eigenvalue weighted by Crippen LogP contribution is 2.32. The Balaban J connectivity index is 2.51. The average Bonchev–Trinajstić information content (AvgIpc) is 2.59. The number of halogens is 1. The number of imide groups is 1. The number of nitrogens with zero attached hydrogens (tertiary/aromatic N) is 2. The number of nitro groups is 1. The van der Waals surface area contributed by atoms with Crippen LogP contribution in [0.4, 0.5) is 11.4 Å². The molecule has 0 fully saturated rings. The number of carbonyl (C=O) groups excluding carboxylic acids is 2. The van der Waals surface area contributed by atoms with E-state index in [0.29, 0.717) is 4.47 Å². The summed E-state index contributed by atoms with van der Waals surface area (Å²) in [6.07, 6.45) is 2.24. The molecule has 0 atom stereocenters. The number of benzene rings is 1. The van der Waals surface area contributed by atoms with Crippen molar-refractivity contribution in [1.29, 1.82) is 0 Å². The van der Waals surface area contributed by atoms with Crippen LogP contribution >= 0.6 is 15.9 Å². The van der Waals surface area contributed by atoms with Gasteiger partial charge in [-0.3, -0.25) is 19.7 Å². The largest absolute Gasteiger partial charge is 0.271 e. The Morgan fingerprint density at radius 1 is 1.18 bits per heavy atom. The number of hydrogen-bond donors (Lipinski definition) is 0. The predicted octanol–water partition coefficient (Wildman–Crippen LogP) is 1.79. The number of amides is 2. The lowest BCUT2D eigenvalue weighted by atomic mass is 10.2. The van der Waals surface area contributed by atoms with Gasteiger partial charge in [-0.05, 0) is 22.0 Å². The Morgan fingerprint density at radius 2 is 1.76 bits per heavy atom. The number of rotatable bonds is 2. The molecule has 2 rings (SSSR count). The summed E-state index contributed by atoms with van der Waals surface area (Å²) in [5.74, 6) is -1.03. The zero-order chi connectivity index (χ0) is 12.6. The number of non-ortho nitro benzene ring substituents is 1. The quantitative estimate of drug-likeness (QED) is 0.473. The van der Waals surface area contributed by atoms with Crippen LogP contribution in [0.1, 0.15) is 0 Å². The zero-order valence-corrected chi connectivity index (χ0v) is 9.88. The highest BCUT2D eigenvalue weighted by Gasteiger charge is 2.28. The molecule has 17 heavy (non-hydrogen) atoms. The first-order valence-electron chi connectivity index (χ1n) is 4.51. The molecule has 0 aromatic heterocycles. The van der Waals surface area contributed by atoms with Crippen molar-refractivity contribution in [3.05, 3.63) is 44.9 Å². The van der Waals surface area contributed by atoms with Crippen LogP contribution in [0, 0.1) is 10.1 Å². The highest BCUT2D eigenvalue weighted by atomic mass is 79.9. The van der Waals surface area contributed by atoms with Crippen LogP contribution in [0.15, 0.2) is 34.8 Å². The van der Waals surface area contributed by atoms with Crippen LogP contribution in [-0.4, -0.2) is 16.7 Å². The molecule has 7 heteroatoms. The molecule has 1 aliphatic rings. The maximum Gasteiger partial charge on any atom is 0.271 e. The van der Waals surface area contributed by atoms with Gasteiger partial charge in [-0.1, -0.05) is 0 Å².